The van der Waals surface area contributed by atoms with Gasteiger partial charge in [-0.2, -0.15) is 0 Å². The molecule has 176 valence electrons. The third-order valence-electron chi connectivity index (χ3n) is 6.46. The first kappa shape index (κ1) is 22.4. The Balaban J connectivity index is 1.49. The van der Waals surface area contributed by atoms with Gasteiger partial charge in [0.2, 0.25) is 5.95 Å². The Hall–Kier alpha value is -3.39. The number of aromatic nitrogens is 4. The Morgan fingerprint density at radius 3 is 2.65 bits per heavy atom. The van der Waals surface area contributed by atoms with Gasteiger partial charge in [-0.3, -0.25) is 4.90 Å². The minimum Gasteiger partial charge on any atom is -0.326 e. The second-order valence-corrected chi connectivity index (χ2v) is 9.07. The van der Waals surface area contributed by atoms with Gasteiger partial charge >= 0.3 is 0 Å². The fraction of sp³-hybridized carbons (Fsp3) is 0.346. The molecule has 0 saturated carbocycles. The molecule has 0 spiro atoms. The molecule has 4 aromatic rings. The zero-order chi connectivity index (χ0) is 24.0. The van der Waals surface area contributed by atoms with Crippen LogP contribution in [-0.2, 0) is 13.0 Å². The van der Waals surface area contributed by atoms with E-state index in [0.717, 1.165) is 37.9 Å². The summed E-state index contributed by atoms with van der Waals surface area (Å²) in [6, 6.07) is 9.31. The number of benzene rings is 2. The van der Waals surface area contributed by atoms with Crippen molar-refractivity contribution in [2.75, 3.05) is 18.4 Å². The monoisotopic (exact) mass is 462 g/mol. The summed E-state index contributed by atoms with van der Waals surface area (Å²) < 4.78 is 31.6. The molecule has 0 radical (unpaired) electrons. The number of fused-ring (bicyclic) bond motifs is 2. The van der Waals surface area contributed by atoms with Gasteiger partial charge in [-0.05, 0) is 69.1 Å². The van der Waals surface area contributed by atoms with Crippen LogP contribution in [0.3, 0.4) is 0 Å². The van der Waals surface area contributed by atoms with Crippen LogP contribution in [0.25, 0.3) is 22.3 Å². The molecule has 0 fully saturated rings. The third-order valence-corrected chi connectivity index (χ3v) is 6.46. The largest absolute Gasteiger partial charge is 0.326 e. The molecule has 0 aliphatic carbocycles. The number of nitrogens with one attached hydrogen (secondary N) is 1. The zero-order valence-corrected chi connectivity index (χ0v) is 19.9. The van der Waals surface area contributed by atoms with E-state index in [9.17, 15) is 8.78 Å². The zero-order valence-electron chi connectivity index (χ0n) is 19.9. The standard InChI is InChI=1S/C26H28F2N6/c1-5-33-9-8-17-10-20(7-6-18(17)14-33)31-26-29-13-22(28)24(32-26)19-11-21(27)25-23(12-19)34(15(2)3)16(4)30-25/h6-7,10-13,15H,5,8-9,14H2,1-4H3,(H,29,31,32). The van der Waals surface area contributed by atoms with Crippen LogP contribution < -0.4 is 5.32 Å². The predicted octanol–water partition coefficient (Wildman–Crippen LogP) is 5.78. The SMILES string of the molecule is CCN1CCc2cc(Nc3ncc(F)c(-c4cc(F)c5nc(C)n(C(C)C)c5c4)n3)ccc2C1. The molecule has 2 aromatic carbocycles. The third kappa shape index (κ3) is 4.03. The van der Waals surface area contributed by atoms with Crippen LogP contribution in [0.4, 0.5) is 20.4 Å². The predicted molar refractivity (Wildman–Crippen MR) is 130 cm³/mol. The summed E-state index contributed by atoms with van der Waals surface area (Å²) in [5.74, 6) is -0.141. The molecule has 2 aromatic heterocycles. The van der Waals surface area contributed by atoms with E-state index in [0.29, 0.717) is 16.9 Å². The van der Waals surface area contributed by atoms with Crippen molar-refractivity contribution < 1.29 is 8.78 Å². The highest BCUT2D eigenvalue weighted by Crippen LogP contribution is 2.31. The van der Waals surface area contributed by atoms with E-state index in [1.807, 2.05) is 31.4 Å². The van der Waals surface area contributed by atoms with E-state index < -0.39 is 11.6 Å². The second-order valence-electron chi connectivity index (χ2n) is 9.07. The van der Waals surface area contributed by atoms with Gasteiger partial charge in [0.25, 0.3) is 0 Å². The molecular weight excluding hydrogens is 434 g/mol. The number of imidazole rings is 1. The van der Waals surface area contributed by atoms with Crippen LogP contribution in [0.15, 0.2) is 36.5 Å². The summed E-state index contributed by atoms with van der Waals surface area (Å²) in [6.45, 7) is 11.0. The molecule has 0 amide bonds. The quantitative estimate of drug-likeness (QED) is 0.407. The van der Waals surface area contributed by atoms with Crippen molar-refractivity contribution in [3.8, 4) is 11.3 Å². The van der Waals surface area contributed by atoms with Gasteiger partial charge < -0.3 is 9.88 Å². The summed E-state index contributed by atoms with van der Waals surface area (Å²) in [5.41, 5.74) is 4.74. The fourth-order valence-electron chi connectivity index (χ4n) is 4.78. The first-order valence-corrected chi connectivity index (χ1v) is 11.7. The molecule has 1 N–H and O–H groups in total. The highest BCUT2D eigenvalue weighted by Gasteiger charge is 2.19. The van der Waals surface area contributed by atoms with E-state index in [1.165, 1.54) is 17.2 Å². The van der Waals surface area contributed by atoms with Crippen molar-refractivity contribution in [2.24, 2.45) is 0 Å². The molecule has 1 aliphatic rings. The number of aryl methyl sites for hydroxylation is 1. The lowest BCUT2D eigenvalue weighted by atomic mass is 9.99. The van der Waals surface area contributed by atoms with E-state index >= 15 is 0 Å². The maximum atomic E-state index is 14.9. The lowest BCUT2D eigenvalue weighted by Crippen LogP contribution is -2.30. The van der Waals surface area contributed by atoms with Crippen LogP contribution in [-0.4, -0.2) is 37.5 Å². The molecule has 0 atom stereocenters. The van der Waals surface area contributed by atoms with Gasteiger partial charge in [0.1, 0.15) is 17.0 Å². The highest BCUT2D eigenvalue weighted by atomic mass is 19.1. The minimum atomic E-state index is -0.610. The Morgan fingerprint density at radius 1 is 1.06 bits per heavy atom. The lowest BCUT2D eigenvalue weighted by molar-refractivity contribution is 0.268. The average molecular weight is 463 g/mol. The lowest BCUT2D eigenvalue weighted by Gasteiger charge is -2.27. The van der Waals surface area contributed by atoms with Gasteiger partial charge in [0.15, 0.2) is 11.6 Å². The molecule has 1 aliphatic heterocycles. The number of hydrogen-bond donors (Lipinski definition) is 1. The van der Waals surface area contributed by atoms with Crippen LogP contribution in [0.2, 0.25) is 0 Å². The molecule has 5 rings (SSSR count). The smallest absolute Gasteiger partial charge is 0.227 e. The van der Waals surface area contributed by atoms with Crippen molar-refractivity contribution >= 4 is 22.7 Å². The average Bonchev–Trinajstić information content (AvgIpc) is 3.16. The molecule has 3 heterocycles. The number of rotatable bonds is 5. The molecule has 0 unspecified atom stereocenters. The van der Waals surface area contributed by atoms with Gasteiger partial charge in [-0.15, -0.1) is 0 Å². The van der Waals surface area contributed by atoms with Crippen LogP contribution in [0, 0.1) is 18.6 Å². The van der Waals surface area contributed by atoms with E-state index in [-0.39, 0.29) is 23.2 Å². The summed E-state index contributed by atoms with van der Waals surface area (Å²) in [4.78, 5) is 15.3. The van der Waals surface area contributed by atoms with Gasteiger partial charge in [0.05, 0.1) is 11.7 Å². The first-order valence-electron chi connectivity index (χ1n) is 11.7. The maximum absolute atomic E-state index is 14.9. The van der Waals surface area contributed by atoms with Crippen molar-refractivity contribution in [3.63, 3.8) is 0 Å². The number of halogens is 2. The fourth-order valence-corrected chi connectivity index (χ4v) is 4.78. The molecule has 0 bridgehead atoms. The molecule has 6 nitrogen and oxygen atoms in total. The normalized spacial score (nSPS) is 14.1. The first-order chi connectivity index (χ1) is 16.3. The highest BCUT2D eigenvalue weighted by molar-refractivity contribution is 5.83. The summed E-state index contributed by atoms with van der Waals surface area (Å²) in [6.07, 6.45) is 2.10. The van der Waals surface area contributed by atoms with Crippen molar-refractivity contribution in [3.05, 3.63) is 65.1 Å². The summed E-state index contributed by atoms with van der Waals surface area (Å²) >= 11 is 0. The number of likely N-dealkylation sites (N-methyl/N-ethyl adjacent to an activating group) is 1. The molecule has 0 saturated heterocycles. The Bertz CT molecular complexity index is 1380. The van der Waals surface area contributed by atoms with Gasteiger partial charge in [-0.1, -0.05) is 13.0 Å². The van der Waals surface area contributed by atoms with Crippen LogP contribution in [0.5, 0.6) is 0 Å². The van der Waals surface area contributed by atoms with Crippen LogP contribution in [0.1, 0.15) is 43.8 Å². The number of anilines is 2. The Morgan fingerprint density at radius 2 is 1.88 bits per heavy atom. The molecule has 34 heavy (non-hydrogen) atoms. The second kappa shape index (κ2) is 8.76. The summed E-state index contributed by atoms with van der Waals surface area (Å²) in [5, 5.41) is 3.19. The number of nitrogens with zero attached hydrogens (tertiary/aromatic N) is 5. The molecular formula is C26H28F2N6. The minimum absolute atomic E-state index is 0.0454. The molecule has 8 heteroatoms. The van der Waals surface area contributed by atoms with Crippen molar-refractivity contribution in [1.82, 2.24) is 24.4 Å². The van der Waals surface area contributed by atoms with Crippen molar-refractivity contribution in [2.45, 2.75) is 46.7 Å². The summed E-state index contributed by atoms with van der Waals surface area (Å²) in [7, 11) is 0. The van der Waals surface area contributed by atoms with Crippen molar-refractivity contribution in [1.29, 1.82) is 0 Å². The van der Waals surface area contributed by atoms with Gasteiger partial charge in [0, 0.05) is 30.4 Å². The Kier molecular flexibility index (Phi) is 5.77. The van der Waals surface area contributed by atoms with E-state index in [4.69, 9.17) is 0 Å². The van der Waals surface area contributed by atoms with Gasteiger partial charge in [-0.25, -0.2) is 23.7 Å². The maximum Gasteiger partial charge on any atom is 0.227 e. The van der Waals surface area contributed by atoms with E-state index in [2.05, 4.69) is 44.2 Å². The topological polar surface area (TPSA) is 58.9 Å². The Labute approximate surface area is 197 Å². The van der Waals surface area contributed by atoms with E-state index in [1.54, 1.807) is 6.07 Å². The van der Waals surface area contributed by atoms with Crippen LogP contribution >= 0.6 is 0 Å². The number of hydrogen-bond acceptors (Lipinski definition) is 5.